The van der Waals surface area contributed by atoms with E-state index in [-0.39, 0.29) is 17.4 Å². The fraction of sp³-hybridized carbons (Fsp3) is 0.217. The molecule has 10 heteroatoms. The highest BCUT2D eigenvalue weighted by molar-refractivity contribution is 6.32. The number of esters is 1. The second-order valence-corrected chi connectivity index (χ2v) is 7.59. The van der Waals surface area contributed by atoms with Crippen LogP contribution in [-0.4, -0.2) is 60.2 Å². The second kappa shape index (κ2) is 9.93. The number of carbonyl (C=O) groups is 2. The van der Waals surface area contributed by atoms with E-state index in [2.05, 4.69) is 15.3 Å². The van der Waals surface area contributed by atoms with Crippen LogP contribution in [0.25, 0.3) is 11.3 Å². The van der Waals surface area contributed by atoms with Gasteiger partial charge >= 0.3 is 5.97 Å². The fourth-order valence-corrected chi connectivity index (χ4v) is 3.54. The van der Waals surface area contributed by atoms with Gasteiger partial charge in [0.2, 0.25) is 5.95 Å². The van der Waals surface area contributed by atoms with E-state index < -0.39 is 11.8 Å². The average molecular weight is 471 g/mol. The molecule has 0 radical (unpaired) electrons. The number of hydrogen-bond acceptors (Lipinski definition) is 7. The molecule has 8 nitrogen and oxygen atoms in total. The molecule has 1 N–H and O–H groups in total. The first-order chi connectivity index (χ1) is 16.0. The zero-order valence-electron chi connectivity index (χ0n) is 17.7. The van der Waals surface area contributed by atoms with Crippen molar-refractivity contribution in [2.45, 2.75) is 0 Å². The zero-order chi connectivity index (χ0) is 23.4. The van der Waals surface area contributed by atoms with Crippen molar-refractivity contribution in [3.63, 3.8) is 0 Å². The van der Waals surface area contributed by atoms with Crippen molar-refractivity contribution in [3.8, 4) is 11.3 Å². The van der Waals surface area contributed by atoms with Crippen LogP contribution in [-0.2, 0) is 9.47 Å². The van der Waals surface area contributed by atoms with Crippen LogP contribution in [0.4, 0.5) is 16.0 Å². The quantitative estimate of drug-likeness (QED) is 0.564. The van der Waals surface area contributed by atoms with Crippen LogP contribution in [0.5, 0.6) is 0 Å². The molecule has 4 rings (SSSR count). The van der Waals surface area contributed by atoms with Crippen LogP contribution in [0.1, 0.15) is 20.7 Å². The first-order valence-corrected chi connectivity index (χ1v) is 10.5. The van der Waals surface area contributed by atoms with Gasteiger partial charge in [-0.1, -0.05) is 23.7 Å². The van der Waals surface area contributed by atoms with Crippen LogP contribution in [0.3, 0.4) is 0 Å². The lowest BCUT2D eigenvalue weighted by atomic mass is 10.1. The van der Waals surface area contributed by atoms with Crippen LogP contribution in [0.15, 0.2) is 48.7 Å². The molecule has 0 spiro atoms. The van der Waals surface area contributed by atoms with Gasteiger partial charge in [0.05, 0.1) is 48.4 Å². The number of amides is 1. The third-order valence-corrected chi connectivity index (χ3v) is 5.35. The highest BCUT2D eigenvalue weighted by Crippen LogP contribution is 2.28. The van der Waals surface area contributed by atoms with Crippen molar-refractivity contribution in [1.29, 1.82) is 0 Å². The fourth-order valence-electron chi connectivity index (χ4n) is 3.34. The van der Waals surface area contributed by atoms with Crippen molar-refractivity contribution in [2.75, 3.05) is 38.7 Å². The second-order valence-electron chi connectivity index (χ2n) is 7.18. The van der Waals surface area contributed by atoms with E-state index in [0.29, 0.717) is 53.8 Å². The van der Waals surface area contributed by atoms with E-state index in [1.54, 1.807) is 35.2 Å². The van der Waals surface area contributed by atoms with Crippen molar-refractivity contribution in [3.05, 3.63) is 70.6 Å². The Morgan fingerprint density at radius 2 is 1.88 bits per heavy atom. The third-order valence-electron chi connectivity index (χ3n) is 5.08. The number of halogens is 2. The Balaban J connectivity index is 1.53. The number of benzene rings is 2. The summed E-state index contributed by atoms with van der Waals surface area (Å²) in [6, 6.07) is 10.8. The molecule has 2 aromatic carbocycles. The maximum absolute atomic E-state index is 14.7. The summed E-state index contributed by atoms with van der Waals surface area (Å²) in [4.78, 5) is 34.3. The van der Waals surface area contributed by atoms with Gasteiger partial charge in [-0.2, -0.15) is 0 Å². The first-order valence-electron chi connectivity index (χ1n) is 10.1. The van der Waals surface area contributed by atoms with Crippen molar-refractivity contribution in [1.82, 2.24) is 14.9 Å². The number of morpholine rings is 1. The van der Waals surface area contributed by atoms with Gasteiger partial charge in [0, 0.05) is 24.3 Å². The number of ether oxygens (including phenoxy) is 2. The number of rotatable bonds is 5. The van der Waals surface area contributed by atoms with Crippen molar-refractivity contribution >= 4 is 35.1 Å². The minimum absolute atomic E-state index is 0.00846. The predicted molar refractivity (Wildman–Crippen MR) is 120 cm³/mol. The molecular formula is C23H20ClFN4O4. The van der Waals surface area contributed by atoms with Gasteiger partial charge in [-0.3, -0.25) is 4.79 Å². The molecule has 0 bridgehead atoms. The number of nitrogens with one attached hydrogen (secondary N) is 1. The number of methoxy groups -OCH3 is 1. The zero-order valence-corrected chi connectivity index (χ0v) is 18.4. The molecule has 0 atom stereocenters. The van der Waals surface area contributed by atoms with E-state index >= 15 is 0 Å². The molecular weight excluding hydrogens is 451 g/mol. The standard InChI is InChI=1S/C23H20ClFN4O4/c1-32-22(31)15-4-2-14(3-5-15)20-18(24)13-26-23(28-20)27-16-6-7-17(19(25)12-16)21(30)29-8-10-33-11-9-29/h2-7,12-13H,8-11H2,1H3,(H,26,27,28). The largest absolute Gasteiger partial charge is 0.465 e. The lowest BCUT2D eigenvalue weighted by molar-refractivity contribution is 0.0300. The molecule has 1 aromatic heterocycles. The molecule has 1 saturated heterocycles. The van der Waals surface area contributed by atoms with Gasteiger partial charge in [-0.05, 0) is 30.3 Å². The van der Waals surface area contributed by atoms with Gasteiger partial charge in [0.15, 0.2) is 0 Å². The molecule has 33 heavy (non-hydrogen) atoms. The summed E-state index contributed by atoms with van der Waals surface area (Å²) in [5.41, 5.74) is 1.86. The summed E-state index contributed by atoms with van der Waals surface area (Å²) < 4.78 is 24.6. The molecule has 1 fully saturated rings. The molecule has 0 unspecified atom stereocenters. The van der Waals surface area contributed by atoms with E-state index in [1.807, 2.05) is 0 Å². The lowest BCUT2D eigenvalue weighted by Crippen LogP contribution is -2.41. The lowest BCUT2D eigenvalue weighted by Gasteiger charge is -2.27. The smallest absolute Gasteiger partial charge is 0.337 e. The maximum atomic E-state index is 14.7. The van der Waals surface area contributed by atoms with Crippen LogP contribution in [0.2, 0.25) is 5.02 Å². The minimum atomic E-state index is -0.649. The number of carbonyl (C=O) groups excluding carboxylic acids is 2. The number of anilines is 2. The van der Waals surface area contributed by atoms with Crippen LogP contribution < -0.4 is 5.32 Å². The predicted octanol–water partition coefficient (Wildman–Crippen LogP) is 3.94. The molecule has 3 aromatic rings. The molecule has 1 amide bonds. The Morgan fingerprint density at radius 1 is 1.15 bits per heavy atom. The van der Waals surface area contributed by atoms with Gasteiger partial charge in [0.1, 0.15) is 5.82 Å². The van der Waals surface area contributed by atoms with Gasteiger partial charge in [0.25, 0.3) is 5.91 Å². The Bertz CT molecular complexity index is 1180. The highest BCUT2D eigenvalue weighted by atomic mass is 35.5. The Hall–Kier alpha value is -3.56. The van der Waals surface area contributed by atoms with E-state index in [9.17, 15) is 14.0 Å². The van der Waals surface area contributed by atoms with Gasteiger partial charge in [-0.25, -0.2) is 19.2 Å². The van der Waals surface area contributed by atoms with Crippen LogP contribution >= 0.6 is 11.6 Å². The van der Waals surface area contributed by atoms with E-state index in [1.165, 1.54) is 25.4 Å². The normalized spacial score (nSPS) is 13.5. The first kappa shape index (κ1) is 22.6. The Labute approximate surface area is 194 Å². The maximum Gasteiger partial charge on any atom is 0.337 e. The average Bonchev–Trinajstić information content (AvgIpc) is 2.85. The van der Waals surface area contributed by atoms with E-state index in [4.69, 9.17) is 21.1 Å². The summed E-state index contributed by atoms with van der Waals surface area (Å²) in [7, 11) is 1.31. The van der Waals surface area contributed by atoms with Gasteiger partial charge in [-0.15, -0.1) is 0 Å². The topological polar surface area (TPSA) is 93.6 Å². The minimum Gasteiger partial charge on any atom is -0.465 e. The molecule has 0 aliphatic carbocycles. The number of aromatic nitrogens is 2. The highest BCUT2D eigenvalue weighted by Gasteiger charge is 2.21. The Morgan fingerprint density at radius 3 is 2.55 bits per heavy atom. The molecule has 1 aliphatic rings. The summed E-state index contributed by atoms with van der Waals surface area (Å²) in [6.45, 7) is 1.74. The number of nitrogens with zero attached hydrogens (tertiary/aromatic N) is 3. The summed E-state index contributed by atoms with van der Waals surface area (Å²) in [6.07, 6.45) is 1.42. The van der Waals surface area contributed by atoms with Crippen molar-refractivity contribution in [2.24, 2.45) is 0 Å². The summed E-state index contributed by atoms with van der Waals surface area (Å²) >= 11 is 6.26. The van der Waals surface area contributed by atoms with Crippen molar-refractivity contribution < 1.29 is 23.5 Å². The molecule has 1 aliphatic heterocycles. The molecule has 2 heterocycles. The summed E-state index contributed by atoms with van der Waals surface area (Å²) in [5.74, 6) is -1.28. The Kier molecular flexibility index (Phi) is 6.81. The van der Waals surface area contributed by atoms with Crippen LogP contribution in [0, 0.1) is 5.82 Å². The molecule has 0 saturated carbocycles. The number of hydrogen-bond donors (Lipinski definition) is 1. The van der Waals surface area contributed by atoms with Gasteiger partial charge < -0.3 is 19.7 Å². The summed E-state index contributed by atoms with van der Waals surface area (Å²) in [5, 5.41) is 3.24. The van der Waals surface area contributed by atoms with E-state index in [0.717, 1.165) is 0 Å². The monoisotopic (exact) mass is 470 g/mol. The third kappa shape index (κ3) is 5.10. The SMILES string of the molecule is COC(=O)c1ccc(-c2nc(Nc3ccc(C(=O)N4CCOCC4)c(F)c3)ncc2Cl)cc1. The molecule has 170 valence electrons.